The van der Waals surface area contributed by atoms with Crippen molar-refractivity contribution >= 4 is 26.5 Å². The summed E-state index contributed by atoms with van der Waals surface area (Å²) in [7, 11) is -1.87. The van der Waals surface area contributed by atoms with Crippen molar-refractivity contribution < 1.29 is 8.42 Å². The van der Waals surface area contributed by atoms with Crippen LogP contribution < -0.4 is 4.31 Å². The fraction of sp³-hybridized carbons (Fsp3) is 0.143. The van der Waals surface area contributed by atoms with Gasteiger partial charge in [-0.25, -0.2) is 17.7 Å². The highest BCUT2D eigenvalue weighted by Gasteiger charge is 2.27. The Morgan fingerprint density at radius 2 is 2.05 bits per heavy atom. The van der Waals surface area contributed by atoms with E-state index < -0.39 is 10.0 Å². The molecule has 0 saturated carbocycles. The van der Waals surface area contributed by atoms with Gasteiger partial charge in [-0.3, -0.25) is 4.68 Å². The van der Waals surface area contributed by atoms with Crippen molar-refractivity contribution in [2.45, 2.75) is 11.4 Å². The van der Waals surface area contributed by atoms with Crippen molar-refractivity contribution in [3.8, 4) is 0 Å². The molecule has 0 atom stereocenters. The summed E-state index contributed by atoms with van der Waals surface area (Å²) < 4.78 is 28.8. The normalized spacial score (nSPS) is 11.5. The second kappa shape index (κ2) is 5.90. The zero-order valence-corrected chi connectivity index (χ0v) is 13.5. The van der Waals surface area contributed by atoms with Crippen LogP contribution >= 0.6 is 11.3 Å². The third-order valence-corrected chi connectivity index (χ3v) is 5.71. The van der Waals surface area contributed by atoms with Crippen LogP contribution in [0.4, 0.5) is 5.13 Å². The minimum atomic E-state index is -3.67. The number of anilines is 1. The fourth-order valence-electron chi connectivity index (χ4n) is 2.03. The number of sulfonamides is 1. The number of aryl methyl sites for hydroxylation is 1. The Morgan fingerprint density at radius 3 is 2.64 bits per heavy atom. The van der Waals surface area contributed by atoms with Crippen molar-refractivity contribution in [3.05, 3.63) is 59.9 Å². The number of aromatic nitrogens is 3. The van der Waals surface area contributed by atoms with Gasteiger partial charge in [0, 0.05) is 30.4 Å². The van der Waals surface area contributed by atoms with Gasteiger partial charge in [0.05, 0.1) is 17.6 Å². The summed E-state index contributed by atoms with van der Waals surface area (Å²) in [6, 6.07) is 8.36. The summed E-state index contributed by atoms with van der Waals surface area (Å²) >= 11 is 1.29. The van der Waals surface area contributed by atoms with Gasteiger partial charge in [-0.05, 0) is 12.1 Å². The molecule has 0 spiro atoms. The zero-order valence-electron chi connectivity index (χ0n) is 11.8. The molecule has 0 saturated heterocycles. The highest BCUT2D eigenvalue weighted by atomic mass is 32.2. The van der Waals surface area contributed by atoms with E-state index in [2.05, 4.69) is 10.1 Å². The van der Waals surface area contributed by atoms with Gasteiger partial charge in [0.2, 0.25) is 0 Å². The summed E-state index contributed by atoms with van der Waals surface area (Å²) in [6.45, 7) is 0.193. The van der Waals surface area contributed by atoms with Crippen LogP contribution in [0.2, 0.25) is 0 Å². The molecule has 3 aromatic rings. The van der Waals surface area contributed by atoms with Crippen molar-refractivity contribution in [1.82, 2.24) is 14.8 Å². The minimum Gasteiger partial charge on any atom is -0.275 e. The molecule has 0 aliphatic carbocycles. The maximum absolute atomic E-state index is 12.9. The lowest BCUT2D eigenvalue weighted by atomic mass is 10.4. The second-order valence-electron chi connectivity index (χ2n) is 4.66. The van der Waals surface area contributed by atoms with E-state index in [1.54, 1.807) is 66.0 Å². The Kier molecular flexibility index (Phi) is 3.95. The van der Waals surface area contributed by atoms with E-state index >= 15 is 0 Å². The van der Waals surface area contributed by atoms with Crippen LogP contribution in [0.25, 0.3) is 0 Å². The topological polar surface area (TPSA) is 68.1 Å². The van der Waals surface area contributed by atoms with Crippen molar-refractivity contribution in [3.63, 3.8) is 0 Å². The Hall–Kier alpha value is -2.19. The summed E-state index contributed by atoms with van der Waals surface area (Å²) in [5, 5.41) is 6.28. The standard InChI is InChI=1S/C14H14N4O2S2/c1-17-10-12(9-16-17)11-18(14-15-7-8-21-14)22(19,20)13-5-3-2-4-6-13/h2-10H,11H2,1H3. The number of thiazole rings is 1. The monoisotopic (exact) mass is 334 g/mol. The first kappa shape index (κ1) is 14.7. The van der Waals surface area contributed by atoms with E-state index in [9.17, 15) is 8.42 Å². The lowest BCUT2D eigenvalue weighted by Gasteiger charge is -2.21. The highest BCUT2D eigenvalue weighted by Crippen LogP contribution is 2.27. The third kappa shape index (κ3) is 2.88. The van der Waals surface area contributed by atoms with Gasteiger partial charge in [0.25, 0.3) is 10.0 Å². The van der Waals surface area contributed by atoms with Crippen LogP contribution in [0, 0.1) is 0 Å². The van der Waals surface area contributed by atoms with Gasteiger partial charge in [0.1, 0.15) is 0 Å². The Labute approximate surface area is 132 Å². The van der Waals surface area contributed by atoms with Gasteiger partial charge >= 0.3 is 0 Å². The molecule has 1 aromatic carbocycles. The van der Waals surface area contributed by atoms with Gasteiger partial charge < -0.3 is 0 Å². The molecule has 0 fully saturated rings. The second-order valence-corrected chi connectivity index (χ2v) is 7.40. The minimum absolute atomic E-state index is 0.193. The van der Waals surface area contributed by atoms with Crippen molar-refractivity contribution in [2.75, 3.05) is 4.31 Å². The van der Waals surface area contributed by atoms with Crippen LogP contribution in [-0.4, -0.2) is 23.2 Å². The summed E-state index contributed by atoms with van der Waals surface area (Å²) in [4.78, 5) is 4.39. The number of nitrogens with zero attached hydrogens (tertiary/aromatic N) is 4. The van der Waals surface area contributed by atoms with Crippen LogP contribution in [0.15, 0.2) is 59.2 Å². The van der Waals surface area contributed by atoms with E-state index in [4.69, 9.17) is 0 Å². The van der Waals surface area contributed by atoms with Crippen LogP contribution in [0.3, 0.4) is 0 Å². The van der Waals surface area contributed by atoms with E-state index in [-0.39, 0.29) is 11.4 Å². The average molecular weight is 334 g/mol. The van der Waals surface area contributed by atoms with Gasteiger partial charge in [0.15, 0.2) is 5.13 Å². The maximum Gasteiger partial charge on any atom is 0.266 e. The molecule has 0 aliphatic rings. The van der Waals surface area contributed by atoms with Crippen molar-refractivity contribution in [2.24, 2.45) is 7.05 Å². The molecule has 0 aliphatic heterocycles. The summed E-state index contributed by atoms with van der Waals surface area (Å²) in [6.07, 6.45) is 5.04. The number of benzene rings is 1. The molecule has 6 nitrogen and oxygen atoms in total. The molecule has 0 unspecified atom stereocenters. The molecule has 2 aromatic heterocycles. The number of hydrogen-bond acceptors (Lipinski definition) is 5. The van der Waals surface area contributed by atoms with E-state index in [0.717, 1.165) is 5.56 Å². The predicted molar refractivity (Wildman–Crippen MR) is 85.1 cm³/mol. The molecule has 0 amide bonds. The van der Waals surface area contributed by atoms with Crippen LogP contribution in [-0.2, 0) is 23.6 Å². The molecule has 0 N–H and O–H groups in total. The molecule has 114 valence electrons. The molecule has 0 radical (unpaired) electrons. The lowest BCUT2D eigenvalue weighted by molar-refractivity contribution is 0.590. The first-order valence-corrected chi connectivity index (χ1v) is 8.84. The van der Waals surface area contributed by atoms with E-state index in [1.807, 2.05) is 0 Å². The first-order valence-electron chi connectivity index (χ1n) is 6.52. The molecular weight excluding hydrogens is 320 g/mol. The SMILES string of the molecule is Cn1cc(CN(c2nccs2)S(=O)(=O)c2ccccc2)cn1. The molecular formula is C14H14N4O2S2. The van der Waals surface area contributed by atoms with Gasteiger partial charge in [-0.15, -0.1) is 11.3 Å². The Bertz CT molecular complexity index is 842. The fourth-order valence-corrected chi connectivity index (χ4v) is 4.33. The molecule has 2 heterocycles. The number of hydrogen-bond donors (Lipinski definition) is 0. The highest BCUT2D eigenvalue weighted by molar-refractivity contribution is 7.93. The number of rotatable bonds is 5. The summed E-state index contributed by atoms with van der Waals surface area (Å²) in [5.41, 5.74) is 0.803. The van der Waals surface area contributed by atoms with Crippen LogP contribution in [0.5, 0.6) is 0 Å². The van der Waals surface area contributed by atoms with E-state index in [1.165, 1.54) is 15.6 Å². The summed E-state index contributed by atoms with van der Waals surface area (Å²) in [5.74, 6) is 0. The third-order valence-electron chi connectivity index (χ3n) is 3.05. The Morgan fingerprint density at radius 1 is 1.27 bits per heavy atom. The quantitative estimate of drug-likeness (QED) is 0.718. The first-order chi connectivity index (χ1) is 10.6. The largest absolute Gasteiger partial charge is 0.275 e. The molecule has 22 heavy (non-hydrogen) atoms. The smallest absolute Gasteiger partial charge is 0.266 e. The lowest BCUT2D eigenvalue weighted by Crippen LogP contribution is -2.30. The predicted octanol–water partition coefficient (Wildman–Crippen LogP) is 2.27. The zero-order chi connectivity index (χ0) is 15.6. The van der Waals surface area contributed by atoms with Crippen molar-refractivity contribution in [1.29, 1.82) is 0 Å². The van der Waals surface area contributed by atoms with Crippen LogP contribution in [0.1, 0.15) is 5.56 Å². The molecule has 0 bridgehead atoms. The van der Waals surface area contributed by atoms with Gasteiger partial charge in [-0.1, -0.05) is 18.2 Å². The Balaban J connectivity index is 2.02. The molecule has 8 heteroatoms. The average Bonchev–Trinajstić information content (AvgIpc) is 3.17. The van der Waals surface area contributed by atoms with Gasteiger partial charge in [-0.2, -0.15) is 5.10 Å². The van der Waals surface area contributed by atoms with E-state index in [0.29, 0.717) is 5.13 Å². The maximum atomic E-state index is 12.9. The molecule has 3 rings (SSSR count).